The van der Waals surface area contributed by atoms with Gasteiger partial charge in [0.15, 0.2) is 6.23 Å². The van der Waals surface area contributed by atoms with E-state index in [9.17, 15) is 0 Å². The molecule has 4 heteroatoms. The van der Waals surface area contributed by atoms with E-state index in [0.29, 0.717) is 5.92 Å². The molecular weight excluding hydrogens is 320 g/mol. The molecule has 0 spiro atoms. The van der Waals surface area contributed by atoms with Crippen molar-refractivity contribution in [2.75, 3.05) is 13.1 Å². The normalized spacial score (nSPS) is 33.6. The van der Waals surface area contributed by atoms with Gasteiger partial charge in [0.2, 0.25) is 0 Å². The number of ether oxygens (including phenoxy) is 1. The van der Waals surface area contributed by atoms with Crippen LogP contribution >= 0.6 is 11.6 Å². The molecule has 3 unspecified atom stereocenters. The first-order valence-corrected chi connectivity index (χ1v) is 9.24. The van der Waals surface area contributed by atoms with Gasteiger partial charge in [-0.05, 0) is 54.9 Å². The van der Waals surface area contributed by atoms with E-state index in [1.54, 1.807) is 0 Å². The van der Waals surface area contributed by atoms with E-state index in [0.717, 1.165) is 33.7 Å². The number of halogens is 1. The zero-order chi connectivity index (χ0) is 16.1. The van der Waals surface area contributed by atoms with E-state index in [1.807, 2.05) is 36.7 Å². The minimum Gasteiger partial charge on any atom is -0.473 e. The highest BCUT2D eigenvalue weighted by Gasteiger charge is 2.48. The second-order valence-electron chi connectivity index (χ2n) is 7.58. The van der Waals surface area contributed by atoms with Crippen LogP contribution in [0.3, 0.4) is 0 Å². The third-order valence-electron chi connectivity index (χ3n) is 5.83. The Bertz CT molecular complexity index is 718. The fourth-order valence-electron chi connectivity index (χ4n) is 4.98. The van der Waals surface area contributed by atoms with Crippen molar-refractivity contribution >= 4 is 11.6 Å². The minimum absolute atomic E-state index is 0.236. The number of aromatic nitrogens is 1. The third kappa shape index (κ3) is 2.60. The molecule has 124 valence electrons. The monoisotopic (exact) mass is 340 g/mol. The van der Waals surface area contributed by atoms with Gasteiger partial charge in [-0.25, -0.2) is 0 Å². The van der Waals surface area contributed by atoms with Crippen molar-refractivity contribution in [1.82, 2.24) is 9.88 Å². The van der Waals surface area contributed by atoms with Crippen molar-refractivity contribution in [2.24, 2.45) is 17.8 Å². The summed E-state index contributed by atoms with van der Waals surface area (Å²) in [6.45, 7) is 2.42. The van der Waals surface area contributed by atoms with E-state index in [-0.39, 0.29) is 6.23 Å². The van der Waals surface area contributed by atoms with E-state index in [1.165, 1.54) is 32.4 Å². The summed E-state index contributed by atoms with van der Waals surface area (Å²) in [4.78, 5) is 6.95. The van der Waals surface area contributed by atoms with Crippen molar-refractivity contribution in [1.29, 1.82) is 0 Å². The van der Waals surface area contributed by atoms with Crippen molar-refractivity contribution in [2.45, 2.75) is 25.5 Å². The Balaban J connectivity index is 1.38. The quantitative estimate of drug-likeness (QED) is 0.824. The Morgan fingerprint density at radius 3 is 2.42 bits per heavy atom. The molecule has 6 rings (SSSR count). The summed E-state index contributed by atoms with van der Waals surface area (Å²) >= 11 is 5.98. The Kier molecular flexibility index (Phi) is 3.53. The van der Waals surface area contributed by atoms with Gasteiger partial charge in [0.05, 0.1) is 6.20 Å². The van der Waals surface area contributed by atoms with Crippen LogP contribution in [0.25, 0.3) is 11.1 Å². The molecule has 3 nitrogen and oxygen atoms in total. The number of piperidine rings is 3. The predicted molar refractivity (Wildman–Crippen MR) is 95.0 cm³/mol. The number of hydrogen-bond donors (Lipinski definition) is 0. The fourth-order valence-corrected chi connectivity index (χ4v) is 5.11. The highest BCUT2D eigenvalue weighted by molar-refractivity contribution is 6.30. The van der Waals surface area contributed by atoms with Crippen molar-refractivity contribution < 1.29 is 4.74 Å². The van der Waals surface area contributed by atoms with Crippen molar-refractivity contribution in [3.05, 3.63) is 47.7 Å². The Labute approximate surface area is 147 Å². The summed E-state index contributed by atoms with van der Waals surface area (Å²) in [6.07, 6.45) is 8.07. The largest absolute Gasteiger partial charge is 0.473 e. The third-order valence-corrected chi connectivity index (χ3v) is 6.09. The maximum absolute atomic E-state index is 6.41. The maximum Gasteiger partial charge on any atom is 0.155 e. The molecule has 3 aliphatic heterocycles. The smallest absolute Gasteiger partial charge is 0.155 e. The number of rotatable bonds is 3. The topological polar surface area (TPSA) is 25.4 Å². The molecule has 3 saturated heterocycles. The van der Waals surface area contributed by atoms with Crippen LogP contribution in [-0.2, 0) is 0 Å². The number of benzene rings is 1. The average Bonchev–Trinajstić information content (AvgIpc) is 2.58. The molecule has 3 atom stereocenters. The van der Waals surface area contributed by atoms with E-state index in [2.05, 4.69) is 16.0 Å². The highest BCUT2D eigenvalue weighted by Crippen LogP contribution is 2.46. The van der Waals surface area contributed by atoms with Crippen LogP contribution in [0.5, 0.6) is 5.75 Å². The first kappa shape index (κ1) is 14.7. The van der Waals surface area contributed by atoms with Crippen LogP contribution in [0.2, 0.25) is 5.02 Å². The molecule has 0 radical (unpaired) electrons. The molecule has 4 fully saturated rings. The molecule has 4 bridgehead atoms. The van der Waals surface area contributed by atoms with E-state index < -0.39 is 0 Å². The van der Waals surface area contributed by atoms with Gasteiger partial charge in [0, 0.05) is 35.8 Å². The predicted octanol–water partition coefficient (Wildman–Crippen LogP) is 4.47. The summed E-state index contributed by atoms with van der Waals surface area (Å²) in [5, 5.41) is 0.750. The minimum atomic E-state index is 0.236. The summed E-state index contributed by atoms with van der Waals surface area (Å²) < 4.78 is 6.41. The lowest BCUT2D eigenvalue weighted by molar-refractivity contribution is -0.142. The van der Waals surface area contributed by atoms with Crippen LogP contribution in [0.1, 0.15) is 19.3 Å². The summed E-state index contributed by atoms with van der Waals surface area (Å²) in [5.41, 5.74) is 2.19. The van der Waals surface area contributed by atoms with Crippen molar-refractivity contribution in [3.63, 3.8) is 0 Å². The number of pyridine rings is 1. The summed E-state index contributed by atoms with van der Waals surface area (Å²) in [5.74, 6) is 3.37. The van der Waals surface area contributed by atoms with Crippen LogP contribution in [0, 0.1) is 17.8 Å². The molecule has 0 N–H and O–H groups in total. The molecule has 0 amide bonds. The van der Waals surface area contributed by atoms with Crippen LogP contribution in [0.4, 0.5) is 0 Å². The van der Waals surface area contributed by atoms with Crippen molar-refractivity contribution in [3.8, 4) is 16.9 Å². The number of nitrogens with zero attached hydrogens (tertiary/aromatic N) is 2. The SMILES string of the molecule is Clc1ccc(-c2cncc(OC3C4CC5CC(C4)CN3C5)c2)cc1. The molecule has 2 aromatic rings. The van der Waals surface area contributed by atoms with Crippen LogP contribution in [0.15, 0.2) is 42.7 Å². The lowest BCUT2D eigenvalue weighted by Crippen LogP contribution is -2.61. The fraction of sp³-hybridized carbons (Fsp3) is 0.450. The zero-order valence-corrected chi connectivity index (χ0v) is 14.3. The summed E-state index contributed by atoms with van der Waals surface area (Å²) in [6, 6.07) is 9.97. The molecule has 1 aromatic heterocycles. The summed E-state index contributed by atoms with van der Waals surface area (Å²) in [7, 11) is 0. The zero-order valence-electron chi connectivity index (χ0n) is 13.6. The lowest BCUT2D eigenvalue weighted by Gasteiger charge is -2.55. The number of hydrogen-bond acceptors (Lipinski definition) is 3. The molecule has 1 saturated carbocycles. The molecular formula is C20H21ClN2O. The van der Waals surface area contributed by atoms with E-state index >= 15 is 0 Å². The standard InChI is InChI=1S/C20H21ClN2O/c21-18-3-1-15(2-4-18)17-8-19(10-22-9-17)24-20-16-6-13-5-14(7-16)12-23(20)11-13/h1-4,8-10,13-14,16,20H,5-7,11-12H2. The molecule has 4 aliphatic rings. The molecule has 1 aromatic carbocycles. The Morgan fingerprint density at radius 2 is 1.71 bits per heavy atom. The van der Waals surface area contributed by atoms with Gasteiger partial charge < -0.3 is 4.74 Å². The first-order chi connectivity index (χ1) is 11.7. The second-order valence-corrected chi connectivity index (χ2v) is 8.01. The van der Waals surface area contributed by atoms with Crippen LogP contribution < -0.4 is 4.74 Å². The van der Waals surface area contributed by atoms with Gasteiger partial charge in [-0.15, -0.1) is 0 Å². The Hall–Kier alpha value is -1.58. The highest BCUT2D eigenvalue weighted by atomic mass is 35.5. The molecule has 1 aliphatic carbocycles. The van der Waals surface area contributed by atoms with Crippen LogP contribution in [-0.4, -0.2) is 29.2 Å². The molecule has 4 heterocycles. The van der Waals surface area contributed by atoms with E-state index in [4.69, 9.17) is 16.3 Å². The van der Waals surface area contributed by atoms with Gasteiger partial charge in [-0.2, -0.15) is 0 Å². The van der Waals surface area contributed by atoms with Gasteiger partial charge in [-0.3, -0.25) is 9.88 Å². The van der Waals surface area contributed by atoms with Gasteiger partial charge >= 0.3 is 0 Å². The average molecular weight is 341 g/mol. The lowest BCUT2D eigenvalue weighted by atomic mass is 9.67. The van der Waals surface area contributed by atoms with Gasteiger partial charge in [0.1, 0.15) is 5.75 Å². The van der Waals surface area contributed by atoms with Gasteiger partial charge in [0.25, 0.3) is 0 Å². The maximum atomic E-state index is 6.41. The first-order valence-electron chi connectivity index (χ1n) is 8.86. The molecule has 24 heavy (non-hydrogen) atoms. The Morgan fingerprint density at radius 1 is 0.958 bits per heavy atom. The van der Waals surface area contributed by atoms with Gasteiger partial charge in [-0.1, -0.05) is 23.7 Å². The second kappa shape index (κ2) is 5.75.